The van der Waals surface area contributed by atoms with Crippen LogP contribution in [-0.4, -0.2) is 19.7 Å². The van der Waals surface area contributed by atoms with Crippen LogP contribution in [0.5, 0.6) is 0 Å². The minimum atomic E-state index is -0.470. The first kappa shape index (κ1) is 12.8. The number of carbonyl (C=O) groups excluding carboxylic acids is 1. The number of carbonyl (C=O) groups is 1. The number of hydrogen-bond donors (Lipinski definition) is 0. The van der Waals surface area contributed by atoms with Gasteiger partial charge in [-0.25, -0.2) is 4.79 Å². The van der Waals surface area contributed by atoms with Gasteiger partial charge >= 0.3 is 5.97 Å². The van der Waals surface area contributed by atoms with Crippen molar-refractivity contribution in [1.82, 2.24) is 0 Å². The second kappa shape index (κ2) is 5.70. The third-order valence-electron chi connectivity index (χ3n) is 2.09. The number of methoxy groups -OCH3 is 1. The van der Waals surface area contributed by atoms with Gasteiger partial charge in [0.05, 0.1) is 7.11 Å². The first-order valence-electron chi connectivity index (χ1n) is 5.34. The monoisotopic (exact) mass is 226 g/mol. The Morgan fingerprint density at radius 3 is 2.62 bits per heavy atom. The van der Waals surface area contributed by atoms with Crippen molar-refractivity contribution in [2.75, 3.05) is 13.7 Å². The molecule has 4 nitrogen and oxygen atoms in total. The fraction of sp³-hybridized carbons (Fsp3) is 0.583. The van der Waals surface area contributed by atoms with Crippen LogP contribution in [0.4, 0.5) is 0 Å². The van der Waals surface area contributed by atoms with Gasteiger partial charge in [0.25, 0.3) is 0 Å². The molecule has 0 spiro atoms. The van der Waals surface area contributed by atoms with E-state index in [0.717, 1.165) is 0 Å². The van der Waals surface area contributed by atoms with Gasteiger partial charge in [-0.3, -0.25) is 0 Å². The second-order valence-corrected chi connectivity index (χ2v) is 4.06. The molecule has 1 unspecified atom stereocenters. The van der Waals surface area contributed by atoms with Gasteiger partial charge in [0.15, 0.2) is 0 Å². The van der Waals surface area contributed by atoms with Crippen molar-refractivity contribution in [3.8, 4) is 0 Å². The Bertz CT molecular complexity index is 341. The van der Waals surface area contributed by atoms with Crippen molar-refractivity contribution in [3.63, 3.8) is 0 Å². The van der Waals surface area contributed by atoms with Crippen LogP contribution >= 0.6 is 0 Å². The summed E-state index contributed by atoms with van der Waals surface area (Å²) in [6.45, 7) is 6.71. The van der Waals surface area contributed by atoms with E-state index in [2.05, 4.69) is 18.6 Å². The molecular formula is C12H18O4. The minimum absolute atomic E-state index is 0.152. The molecule has 1 atom stereocenters. The normalized spacial score (nSPS) is 12.8. The Morgan fingerprint density at radius 2 is 2.06 bits per heavy atom. The van der Waals surface area contributed by atoms with E-state index in [9.17, 15) is 4.79 Å². The summed E-state index contributed by atoms with van der Waals surface area (Å²) in [5.74, 6) is 0.846. The molecule has 0 amide bonds. The van der Waals surface area contributed by atoms with Gasteiger partial charge in [-0.2, -0.15) is 0 Å². The van der Waals surface area contributed by atoms with E-state index in [1.807, 2.05) is 6.92 Å². The molecule has 1 heterocycles. The van der Waals surface area contributed by atoms with Crippen LogP contribution in [0.15, 0.2) is 16.5 Å². The third kappa shape index (κ3) is 3.38. The van der Waals surface area contributed by atoms with Crippen LogP contribution in [0.3, 0.4) is 0 Å². The van der Waals surface area contributed by atoms with Crippen molar-refractivity contribution in [1.29, 1.82) is 0 Å². The summed E-state index contributed by atoms with van der Waals surface area (Å²) < 4.78 is 15.5. The first-order chi connectivity index (χ1) is 7.54. The average Bonchev–Trinajstić information content (AvgIpc) is 2.74. The molecule has 1 aromatic heterocycles. The van der Waals surface area contributed by atoms with Gasteiger partial charge < -0.3 is 13.9 Å². The smallest absolute Gasteiger partial charge is 0.373 e. The molecule has 0 aliphatic carbocycles. The van der Waals surface area contributed by atoms with E-state index < -0.39 is 5.97 Å². The molecule has 0 saturated carbocycles. The van der Waals surface area contributed by atoms with Crippen LogP contribution in [0.1, 0.15) is 43.2 Å². The highest BCUT2D eigenvalue weighted by molar-refractivity contribution is 5.86. The van der Waals surface area contributed by atoms with E-state index >= 15 is 0 Å². The number of furan rings is 1. The topological polar surface area (TPSA) is 48.7 Å². The molecule has 90 valence electrons. The Kier molecular flexibility index (Phi) is 4.55. The summed E-state index contributed by atoms with van der Waals surface area (Å²) in [5.41, 5.74) is 0. The number of esters is 1. The summed E-state index contributed by atoms with van der Waals surface area (Å²) in [7, 11) is 1.32. The van der Waals surface area contributed by atoms with Crippen LogP contribution in [0.2, 0.25) is 0 Å². The van der Waals surface area contributed by atoms with Crippen LogP contribution in [0, 0.1) is 5.92 Å². The molecule has 1 aromatic rings. The van der Waals surface area contributed by atoms with Crippen molar-refractivity contribution in [3.05, 3.63) is 23.7 Å². The molecule has 16 heavy (non-hydrogen) atoms. The van der Waals surface area contributed by atoms with Crippen molar-refractivity contribution in [2.45, 2.75) is 26.9 Å². The van der Waals surface area contributed by atoms with Crippen molar-refractivity contribution < 1.29 is 18.7 Å². The number of ether oxygens (including phenoxy) is 2. The maximum absolute atomic E-state index is 11.2. The molecule has 0 radical (unpaired) electrons. The van der Waals surface area contributed by atoms with Crippen molar-refractivity contribution >= 4 is 5.97 Å². The zero-order valence-electron chi connectivity index (χ0n) is 10.1. The predicted molar refractivity (Wildman–Crippen MR) is 59.3 cm³/mol. The van der Waals surface area contributed by atoms with E-state index in [4.69, 9.17) is 9.15 Å². The summed E-state index contributed by atoms with van der Waals surface area (Å²) in [4.78, 5) is 11.2. The molecular weight excluding hydrogens is 208 g/mol. The van der Waals surface area contributed by atoms with Gasteiger partial charge in [-0.05, 0) is 25.0 Å². The lowest BCUT2D eigenvalue weighted by atomic mass is 10.2. The van der Waals surface area contributed by atoms with Crippen molar-refractivity contribution in [2.24, 2.45) is 5.92 Å². The molecule has 4 heteroatoms. The molecule has 0 fully saturated rings. The Hall–Kier alpha value is -1.29. The molecule has 0 N–H and O–H groups in total. The molecule has 1 rings (SSSR count). The van der Waals surface area contributed by atoms with E-state index in [1.165, 1.54) is 7.11 Å². The first-order valence-corrected chi connectivity index (χ1v) is 5.34. The van der Waals surface area contributed by atoms with Gasteiger partial charge in [-0.1, -0.05) is 13.8 Å². The van der Waals surface area contributed by atoms with Gasteiger partial charge in [0, 0.05) is 6.61 Å². The minimum Gasteiger partial charge on any atom is -0.463 e. The highest BCUT2D eigenvalue weighted by Gasteiger charge is 2.15. The second-order valence-electron chi connectivity index (χ2n) is 4.06. The van der Waals surface area contributed by atoms with Crippen LogP contribution in [-0.2, 0) is 9.47 Å². The van der Waals surface area contributed by atoms with E-state index in [0.29, 0.717) is 18.3 Å². The Balaban J connectivity index is 2.59. The standard InChI is InChI=1S/C12H18O4/c1-8(2)7-15-9(3)10-5-6-11(16-10)12(13)14-4/h5-6,8-9H,7H2,1-4H3. The SMILES string of the molecule is COC(=O)c1ccc(C(C)OCC(C)C)o1. The summed E-state index contributed by atoms with van der Waals surface area (Å²) in [5, 5.41) is 0. The van der Waals surface area contributed by atoms with Crippen LogP contribution in [0.25, 0.3) is 0 Å². The Labute approximate surface area is 95.5 Å². The maximum atomic E-state index is 11.2. The van der Waals surface area contributed by atoms with Crippen LogP contribution < -0.4 is 0 Å². The maximum Gasteiger partial charge on any atom is 0.373 e. The van der Waals surface area contributed by atoms with Gasteiger partial charge in [0.1, 0.15) is 11.9 Å². The molecule has 0 aromatic carbocycles. The average molecular weight is 226 g/mol. The zero-order chi connectivity index (χ0) is 12.1. The summed E-state index contributed by atoms with van der Waals surface area (Å²) in [6.07, 6.45) is -0.152. The summed E-state index contributed by atoms with van der Waals surface area (Å²) >= 11 is 0. The highest BCUT2D eigenvalue weighted by atomic mass is 16.5. The predicted octanol–water partition coefficient (Wildman–Crippen LogP) is 2.80. The highest BCUT2D eigenvalue weighted by Crippen LogP contribution is 2.20. The fourth-order valence-electron chi connectivity index (χ4n) is 1.20. The molecule has 0 aliphatic rings. The third-order valence-corrected chi connectivity index (χ3v) is 2.09. The lowest BCUT2D eigenvalue weighted by molar-refractivity contribution is 0.0312. The molecule has 0 aliphatic heterocycles. The van der Waals surface area contributed by atoms with Gasteiger partial charge in [-0.15, -0.1) is 0 Å². The van der Waals surface area contributed by atoms with Gasteiger partial charge in [0.2, 0.25) is 5.76 Å². The fourth-order valence-corrected chi connectivity index (χ4v) is 1.20. The number of rotatable bonds is 5. The zero-order valence-corrected chi connectivity index (χ0v) is 10.1. The lowest BCUT2D eigenvalue weighted by Crippen LogP contribution is -2.05. The summed E-state index contributed by atoms with van der Waals surface area (Å²) in [6, 6.07) is 3.33. The Morgan fingerprint density at radius 1 is 1.38 bits per heavy atom. The quantitative estimate of drug-likeness (QED) is 0.724. The van der Waals surface area contributed by atoms with E-state index in [-0.39, 0.29) is 11.9 Å². The molecule has 0 bridgehead atoms. The molecule has 0 saturated heterocycles. The van der Waals surface area contributed by atoms with E-state index in [1.54, 1.807) is 12.1 Å². The largest absolute Gasteiger partial charge is 0.463 e. The lowest BCUT2D eigenvalue weighted by Gasteiger charge is -2.12. The number of hydrogen-bond acceptors (Lipinski definition) is 4.